The molecule has 0 aromatic carbocycles. The number of nitrogens with two attached hydrogens (primary N) is 1. The highest BCUT2D eigenvalue weighted by atomic mass is 32.1. The van der Waals surface area contributed by atoms with Crippen LogP contribution in [0.4, 0.5) is 0 Å². The average Bonchev–Trinajstić information content (AvgIpc) is 2.67. The van der Waals surface area contributed by atoms with Crippen LogP contribution in [-0.2, 0) is 0 Å². The molecule has 0 fully saturated rings. The fourth-order valence-corrected chi connectivity index (χ4v) is 2.62. The van der Waals surface area contributed by atoms with Gasteiger partial charge in [-0.1, -0.05) is 5.16 Å². The number of thiazole rings is 1. The zero-order valence-corrected chi connectivity index (χ0v) is 12.5. The summed E-state index contributed by atoms with van der Waals surface area (Å²) in [6, 6.07) is 0.0424. The van der Waals surface area contributed by atoms with E-state index in [1.807, 2.05) is 27.7 Å². The first-order valence-corrected chi connectivity index (χ1v) is 6.89. The molecule has 106 valence electrons. The van der Waals surface area contributed by atoms with Crippen LogP contribution < -0.4 is 5.73 Å². The number of amides is 1. The van der Waals surface area contributed by atoms with Gasteiger partial charge in [0.2, 0.25) is 0 Å². The molecular formula is C12H20N4O2S. The molecule has 0 spiro atoms. The Labute approximate surface area is 116 Å². The molecule has 0 radical (unpaired) electrons. The second-order valence-electron chi connectivity index (χ2n) is 4.58. The third-order valence-electron chi connectivity index (χ3n) is 2.72. The van der Waals surface area contributed by atoms with E-state index in [0.29, 0.717) is 17.8 Å². The van der Waals surface area contributed by atoms with E-state index in [0.717, 1.165) is 10.7 Å². The zero-order chi connectivity index (χ0) is 14.6. The Morgan fingerprint density at radius 2 is 2.16 bits per heavy atom. The lowest BCUT2D eigenvalue weighted by atomic mass is 10.2. The maximum absolute atomic E-state index is 12.5. The van der Waals surface area contributed by atoms with E-state index in [1.54, 1.807) is 4.90 Å². The molecule has 0 unspecified atom stereocenters. The average molecular weight is 284 g/mol. The molecule has 19 heavy (non-hydrogen) atoms. The van der Waals surface area contributed by atoms with Crippen LogP contribution in [0.1, 0.15) is 40.6 Å². The number of hydrogen-bond donors (Lipinski definition) is 2. The minimum atomic E-state index is -0.0520. The highest BCUT2D eigenvalue weighted by Gasteiger charge is 2.22. The van der Waals surface area contributed by atoms with Crippen molar-refractivity contribution in [2.45, 2.75) is 40.2 Å². The van der Waals surface area contributed by atoms with Crippen molar-refractivity contribution in [2.75, 3.05) is 6.54 Å². The van der Waals surface area contributed by atoms with Crippen LogP contribution in [0, 0.1) is 13.8 Å². The first-order chi connectivity index (χ1) is 8.86. The molecule has 1 aromatic rings. The topological polar surface area (TPSA) is 91.8 Å². The second-order valence-corrected chi connectivity index (χ2v) is 5.78. The number of rotatable bonds is 5. The quantitative estimate of drug-likeness (QED) is 0.373. The van der Waals surface area contributed by atoms with Gasteiger partial charge in [-0.15, -0.1) is 11.3 Å². The molecule has 1 rings (SSSR count). The van der Waals surface area contributed by atoms with Gasteiger partial charge >= 0.3 is 0 Å². The van der Waals surface area contributed by atoms with Crippen molar-refractivity contribution in [3.8, 4) is 0 Å². The summed E-state index contributed by atoms with van der Waals surface area (Å²) in [5, 5.41) is 12.3. The highest BCUT2D eigenvalue weighted by Crippen LogP contribution is 2.20. The second kappa shape index (κ2) is 6.51. The van der Waals surface area contributed by atoms with Crippen LogP contribution >= 0.6 is 11.3 Å². The first kappa shape index (κ1) is 15.4. The number of nitrogens with zero attached hydrogens (tertiary/aromatic N) is 3. The predicted octanol–water partition coefficient (Wildman–Crippen LogP) is 1.75. The Morgan fingerprint density at radius 3 is 2.58 bits per heavy atom. The number of aryl methyl sites for hydroxylation is 2. The highest BCUT2D eigenvalue weighted by molar-refractivity contribution is 7.13. The van der Waals surface area contributed by atoms with Crippen molar-refractivity contribution in [1.82, 2.24) is 9.88 Å². The van der Waals surface area contributed by atoms with Crippen molar-refractivity contribution in [3.63, 3.8) is 0 Å². The summed E-state index contributed by atoms with van der Waals surface area (Å²) in [6.07, 6.45) is 0.344. The van der Waals surface area contributed by atoms with Gasteiger partial charge in [0, 0.05) is 19.0 Å². The summed E-state index contributed by atoms with van der Waals surface area (Å²) in [5.74, 6) is 0.0690. The van der Waals surface area contributed by atoms with Gasteiger partial charge in [0.25, 0.3) is 5.91 Å². The van der Waals surface area contributed by atoms with Gasteiger partial charge < -0.3 is 15.8 Å². The van der Waals surface area contributed by atoms with E-state index in [9.17, 15) is 4.79 Å². The van der Waals surface area contributed by atoms with E-state index < -0.39 is 0 Å². The molecule has 0 saturated carbocycles. The van der Waals surface area contributed by atoms with Gasteiger partial charge in [-0.05, 0) is 27.7 Å². The third kappa shape index (κ3) is 3.92. The van der Waals surface area contributed by atoms with Crippen LogP contribution in [0.3, 0.4) is 0 Å². The molecule has 0 aliphatic carbocycles. The Morgan fingerprint density at radius 1 is 1.53 bits per heavy atom. The van der Waals surface area contributed by atoms with Crippen LogP contribution in [0.15, 0.2) is 5.16 Å². The van der Waals surface area contributed by atoms with Crippen molar-refractivity contribution in [1.29, 1.82) is 0 Å². The lowest BCUT2D eigenvalue weighted by molar-refractivity contribution is 0.0715. The number of hydrogen-bond acceptors (Lipinski definition) is 5. The van der Waals surface area contributed by atoms with Gasteiger partial charge in [-0.3, -0.25) is 4.79 Å². The van der Waals surface area contributed by atoms with E-state index in [2.05, 4.69) is 10.1 Å². The van der Waals surface area contributed by atoms with Gasteiger partial charge in [0.1, 0.15) is 10.7 Å². The standard InChI is InChI=1S/C12H20N4O2S/c1-7(2)16(6-5-10(13)15-18)12(17)11-8(3)14-9(4)19-11/h7,18H,5-6H2,1-4H3,(H2,13,15). The summed E-state index contributed by atoms with van der Waals surface area (Å²) in [5.41, 5.74) is 6.20. The molecule has 1 heterocycles. The van der Waals surface area contributed by atoms with Crippen LogP contribution in [0.5, 0.6) is 0 Å². The summed E-state index contributed by atoms with van der Waals surface area (Å²) < 4.78 is 0. The first-order valence-electron chi connectivity index (χ1n) is 6.08. The Hall–Kier alpha value is -1.63. The van der Waals surface area contributed by atoms with Gasteiger partial charge in [-0.2, -0.15) is 0 Å². The van der Waals surface area contributed by atoms with E-state index in [4.69, 9.17) is 10.9 Å². The Balaban J connectivity index is 2.87. The van der Waals surface area contributed by atoms with Crippen molar-refractivity contribution < 1.29 is 10.0 Å². The van der Waals surface area contributed by atoms with Gasteiger partial charge in [0.15, 0.2) is 0 Å². The fourth-order valence-electron chi connectivity index (χ4n) is 1.74. The normalized spacial score (nSPS) is 11.9. The molecule has 0 saturated heterocycles. The monoisotopic (exact) mass is 284 g/mol. The Bertz CT molecular complexity index is 482. The van der Waals surface area contributed by atoms with Crippen LogP contribution in [0.25, 0.3) is 0 Å². The maximum atomic E-state index is 12.5. The predicted molar refractivity (Wildman–Crippen MR) is 75.8 cm³/mol. The summed E-state index contributed by atoms with van der Waals surface area (Å²) in [7, 11) is 0. The molecule has 3 N–H and O–H groups in total. The molecule has 0 bridgehead atoms. The van der Waals surface area contributed by atoms with Crippen LogP contribution in [0.2, 0.25) is 0 Å². The minimum absolute atomic E-state index is 0.0424. The summed E-state index contributed by atoms with van der Waals surface area (Å²) in [4.78, 5) is 19.1. The number of amidine groups is 1. The van der Waals surface area contributed by atoms with Crippen molar-refractivity contribution in [3.05, 3.63) is 15.6 Å². The molecule has 1 aromatic heterocycles. The molecule has 0 aliphatic heterocycles. The largest absolute Gasteiger partial charge is 0.409 e. The number of aromatic nitrogens is 1. The van der Waals surface area contributed by atoms with Crippen molar-refractivity contribution >= 4 is 23.1 Å². The maximum Gasteiger partial charge on any atom is 0.266 e. The van der Waals surface area contributed by atoms with E-state index in [1.165, 1.54) is 11.3 Å². The molecule has 1 amide bonds. The van der Waals surface area contributed by atoms with Crippen molar-refractivity contribution in [2.24, 2.45) is 10.9 Å². The van der Waals surface area contributed by atoms with Gasteiger partial charge in [-0.25, -0.2) is 4.98 Å². The smallest absolute Gasteiger partial charge is 0.266 e. The van der Waals surface area contributed by atoms with E-state index in [-0.39, 0.29) is 17.8 Å². The minimum Gasteiger partial charge on any atom is -0.409 e. The molecule has 6 nitrogen and oxygen atoms in total. The number of carbonyl (C=O) groups is 1. The van der Waals surface area contributed by atoms with Crippen LogP contribution in [-0.4, -0.2) is 39.4 Å². The summed E-state index contributed by atoms with van der Waals surface area (Å²) >= 11 is 1.40. The molecule has 0 atom stereocenters. The Kier molecular flexibility index (Phi) is 5.29. The lowest BCUT2D eigenvalue weighted by Gasteiger charge is -2.26. The zero-order valence-electron chi connectivity index (χ0n) is 11.7. The lowest BCUT2D eigenvalue weighted by Crippen LogP contribution is -2.39. The molecule has 7 heteroatoms. The molecular weight excluding hydrogens is 264 g/mol. The third-order valence-corrected chi connectivity index (χ3v) is 3.78. The fraction of sp³-hybridized carbons (Fsp3) is 0.583. The van der Waals surface area contributed by atoms with E-state index >= 15 is 0 Å². The van der Waals surface area contributed by atoms with Gasteiger partial charge in [0.05, 0.1) is 10.7 Å². The number of oxime groups is 1. The number of carbonyl (C=O) groups excluding carboxylic acids is 1. The molecule has 0 aliphatic rings. The summed E-state index contributed by atoms with van der Waals surface area (Å²) in [6.45, 7) is 8.01. The SMILES string of the molecule is Cc1nc(C)c(C(=O)N(CCC(N)=NO)C(C)C)s1.